The number of hydrogen-bond donors (Lipinski definition) is 1. The summed E-state index contributed by atoms with van der Waals surface area (Å²) < 4.78 is 0. The molecule has 0 saturated carbocycles. The third kappa shape index (κ3) is 3.92. The van der Waals surface area contributed by atoms with Crippen LogP contribution in [-0.2, 0) is 9.59 Å². The molecule has 1 aliphatic heterocycles. The summed E-state index contributed by atoms with van der Waals surface area (Å²) in [6, 6.07) is 26.3. The predicted octanol–water partition coefficient (Wildman–Crippen LogP) is 5.74. The smallest absolute Gasteiger partial charge is 0.274 e. The average molecular weight is 574 g/mol. The summed E-state index contributed by atoms with van der Waals surface area (Å²) in [6.45, 7) is 1.69. The number of hydrazone groups is 1. The molecule has 4 aromatic carbocycles. The number of carbonyl (C=O) groups is 2. The van der Waals surface area contributed by atoms with Crippen molar-refractivity contribution in [1.82, 2.24) is 0 Å². The van der Waals surface area contributed by atoms with Gasteiger partial charge in [0.1, 0.15) is 5.69 Å². The first-order chi connectivity index (χ1) is 20.8. The molecule has 4 aliphatic rings. The highest BCUT2D eigenvalue weighted by molar-refractivity contribution is 6.23. The van der Waals surface area contributed by atoms with E-state index in [0.29, 0.717) is 17.0 Å². The van der Waals surface area contributed by atoms with Gasteiger partial charge in [0.25, 0.3) is 5.69 Å². The quantitative estimate of drug-likeness (QED) is 0.134. The lowest BCUT2D eigenvalue weighted by Crippen LogP contribution is -2.41. The number of carbonyl (C=O) groups excluding carboxylic acids is 2. The number of nitrogens with zero attached hydrogens (tertiary/aromatic N) is 4. The molecule has 2 amide bonds. The lowest BCUT2D eigenvalue weighted by molar-refractivity contribution is -0.393. The number of anilines is 2. The Morgan fingerprint density at radius 2 is 1.26 bits per heavy atom. The van der Waals surface area contributed by atoms with Crippen LogP contribution in [0.15, 0.2) is 96.1 Å². The van der Waals surface area contributed by atoms with E-state index in [4.69, 9.17) is 0 Å². The number of nitrogens with one attached hydrogen (secondary N) is 1. The summed E-state index contributed by atoms with van der Waals surface area (Å²) in [5.41, 5.74) is 7.75. The molecule has 2 atom stereocenters. The number of benzene rings is 4. The van der Waals surface area contributed by atoms with Gasteiger partial charge in [0.15, 0.2) is 0 Å². The SMILES string of the molecule is C/C(=N/Nc1ccc([N+](=O)[O-])cc1[N+](=O)[O-])c1ccc(N2C(=O)[C@H]3C4c5ccccc5C(c5ccccc54)[C@@H]3C2=O)cc1. The summed E-state index contributed by atoms with van der Waals surface area (Å²) in [4.78, 5) is 50.2. The summed E-state index contributed by atoms with van der Waals surface area (Å²) >= 11 is 0. The maximum atomic E-state index is 14.0. The molecule has 11 heteroatoms. The van der Waals surface area contributed by atoms with E-state index in [9.17, 15) is 29.8 Å². The Morgan fingerprint density at radius 1 is 0.744 bits per heavy atom. The Hall–Kier alpha value is -5.71. The zero-order chi connectivity index (χ0) is 30.0. The van der Waals surface area contributed by atoms with E-state index >= 15 is 0 Å². The Labute approximate surface area is 244 Å². The molecule has 1 N–H and O–H groups in total. The predicted molar refractivity (Wildman–Crippen MR) is 158 cm³/mol. The van der Waals surface area contributed by atoms with Crippen LogP contribution in [0, 0.1) is 32.1 Å². The molecule has 8 rings (SSSR count). The number of nitro benzene ring substituents is 2. The van der Waals surface area contributed by atoms with Crippen LogP contribution in [0.4, 0.5) is 22.7 Å². The molecule has 0 aromatic heterocycles. The van der Waals surface area contributed by atoms with E-state index < -0.39 is 33.1 Å². The van der Waals surface area contributed by atoms with Gasteiger partial charge in [0.2, 0.25) is 11.8 Å². The van der Waals surface area contributed by atoms with Crippen LogP contribution in [0.2, 0.25) is 0 Å². The molecule has 11 nitrogen and oxygen atoms in total. The normalized spacial score (nSPS) is 21.7. The van der Waals surface area contributed by atoms with Crippen LogP contribution in [0.3, 0.4) is 0 Å². The van der Waals surface area contributed by atoms with Crippen molar-refractivity contribution in [2.24, 2.45) is 16.9 Å². The molecular weight excluding hydrogens is 550 g/mol. The summed E-state index contributed by atoms with van der Waals surface area (Å²) in [6.07, 6.45) is 0. The van der Waals surface area contributed by atoms with Gasteiger partial charge >= 0.3 is 5.69 Å². The van der Waals surface area contributed by atoms with E-state index in [1.165, 1.54) is 11.0 Å². The molecule has 1 fully saturated rings. The highest BCUT2D eigenvalue weighted by Crippen LogP contribution is 2.61. The number of hydrogen-bond acceptors (Lipinski definition) is 8. The second-order valence-corrected chi connectivity index (χ2v) is 10.8. The monoisotopic (exact) mass is 573 g/mol. The number of amides is 2. The largest absolute Gasteiger partial charge is 0.301 e. The number of rotatable bonds is 6. The molecule has 0 unspecified atom stereocenters. The van der Waals surface area contributed by atoms with Gasteiger partial charge in [-0.05, 0) is 52.9 Å². The molecule has 0 radical (unpaired) electrons. The maximum Gasteiger partial charge on any atom is 0.301 e. The molecule has 1 saturated heterocycles. The highest BCUT2D eigenvalue weighted by atomic mass is 16.6. The van der Waals surface area contributed by atoms with Crippen LogP contribution >= 0.6 is 0 Å². The van der Waals surface area contributed by atoms with Crippen molar-refractivity contribution >= 4 is 40.3 Å². The van der Waals surface area contributed by atoms with Crippen molar-refractivity contribution < 1.29 is 19.4 Å². The minimum atomic E-state index is -0.722. The van der Waals surface area contributed by atoms with Crippen LogP contribution in [0.1, 0.15) is 46.6 Å². The van der Waals surface area contributed by atoms with Crippen LogP contribution < -0.4 is 10.3 Å². The second kappa shape index (κ2) is 9.69. The van der Waals surface area contributed by atoms with Crippen LogP contribution in [0.5, 0.6) is 0 Å². The van der Waals surface area contributed by atoms with Gasteiger partial charge in [0, 0.05) is 17.9 Å². The van der Waals surface area contributed by atoms with Gasteiger partial charge in [-0.3, -0.25) is 35.2 Å². The third-order valence-corrected chi connectivity index (χ3v) is 8.72. The van der Waals surface area contributed by atoms with Gasteiger partial charge in [-0.2, -0.15) is 5.10 Å². The fraction of sp³-hybridized carbons (Fsp3) is 0.156. The fourth-order valence-corrected chi connectivity index (χ4v) is 6.87. The van der Waals surface area contributed by atoms with Crippen molar-refractivity contribution in [1.29, 1.82) is 0 Å². The van der Waals surface area contributed by atoms with Crippen molar-refractivity contribution in [2.45, 2.75) is 18.8 Å². The molecule has 212 valence electrons. The minimum Gasteiger partial charge on any atom is -0.274 e. The average Bonchev–Trinajstić information content (AvgIpc) is 3.29. The summed E-state index contributed by atoms with van der Waals surface area (Å²) in [5.74, 6) is -1.75. The van der Waals surface area contributed by atoms with Gasteiger partial charge < -0.3 is 0 Å². The first-order valence-electron chi connectivity index (χ1n) is 13.6. The Morgan fingerprint density at radius 3 is 1.72 bits per heavy atom. The highest BCUT2D eigenvalue weighted by Gasteiger charge is 2.61. The second-order valence-electron chi connectivity index (χ2n) is 10.8. The summed E-state index contributed by atoms with van der Waals surface area (Å²) in [7, 11) is 0. The van der Waals surface area contributed by atoms with Gasteiger partial charge in [-0.1, -0.05) is 60.7 Å². The first-order valence-corrected chi connectivity index (χ1v) is 13.6. The van der Waals surface area contributed by atoms with E-state index in [0.717, 1.165) is 34.4 Å². The van der Waals surface area contributed by atoms with Crippen molar-refractivity contribution in [2.75, 3.05) is 10.3 Å². The zero-order valence-corrected chi connectivity index (χ0v) is 22.7. The zero-order valence-electron chi connectivity index (χ0n) is 22.7. The van der Waals surface area contributed by atoms with E-state index in [2.05, 4.69) is 34.8 Å². The number of imide groups is 1. The first kappa shape index (κ1) is 26.2. The number of nitro groups is 2. The Kier molecular flexibility index (Phi) is 5.91. The molecule has 43 heavy (non-hydrogen) atoms. The molecule has 2 bridgehead atoms. The third-order valence-electron chi connectivity index (χ3n) is 8.72. The van der Waals surface area contributed by atoms with Crippen molar-refractivity contribution in [3.63, 3.8) is 0 Å². The van der Waals surface area contributed by atoms with Crippen LogP contribution in [-0.4, -0.2) is 27.4 Å². The van der Waals surface area contributed by atoms with Crippen LogP contribution in [0.25, 0.3) is 0 Å². The Balaban J connectivity index is 1.16. The molecular formula is C32H23N5O6. The lowest BCUT2D eigenvalue weighted by atomic mass is 9.55. The fourth-order valence-electron chi connectivity index (χ4n) is 6.87. The van der Waals surface area contributed by atoms with E-state index in [1.807, 2.05) is 24.3 Å². The number of non-ortho nitro benzene ring substituents is 1. The topological polar surface area (TPSA) is 148 Å². The maximum absolute atomic E-state index is 14.0. The molecule has 4 aromatic rings. The van der Waals surface area contributed by atoms with Gasteiger partial charge in [-0.25, -0.2) is 4.90 Å². The van der Waals surface area contributed by atoms with Gasteiger partial charge in [0.05, 0.1) is 39.1 Å². The molecule has 1 heterocycles. The van der Waals surface area contributed by atoms with Gasteiger partial charge in [-0.15, -0.1) is 0 Å². The molecule has 3 aliphatic carbocycles. The van der Waals surface area contributed by atoms with Crippen molar-refractivity contribution in [3.8, 4) is 0 Å². The Bertz CT molecular complexity index is 1790. The van der Waals surface area contributed by atoms with E-state index in [-0.39, 0.29) is 29.3 Å². The van der Waals surface area contributed by atoms with E-state index in [1.54, 1.807) is 31.2 Å². The lowest BCUT2D eigenvalue weighted by Gasteiger charge is -2.45. The molecule has 0 spiro atoms. The standard InChI is InChI=1S/C32H23N5O6/c1-17(33-34-25-15-14-20(36(40)41)16-26(25)37(42)43)18-10-12-19(13-11-18)35-31(38)29-27-21-6-2-3-7-22(21)28(30(29)32(35)39)24-9-5-4-8-23(24)27/h2-16,27-30,34H,1H3/b33-17-/t27?,28?,29-,30-/m0/s1. The summed E-state index contributed by atoms with van der Waals surface area (Å²) in [5, 5.41) is 26.6. The van der Waals surface area contributed by atoms with Crippen molar-refractivity contribution in [3.05, 3.63) is 139 Å². The minimum absolute atomic E-state index is 0.000872.